The van der Waals surface area contributed by atoms with E-state index in [4.69, 9.17) is 6.57 Å². The van der Waals surface area contributed by atoms with Crippen LogP contribution in [0.2, 0.25) is 0 Å². The SMILES string of the molecule is [C-]#[N+]C1(C(C)C)CC(C(C)C)C(O)C1F. The van der Waals surface area contributed by atoms with Crippen molar-refractivity contribution in [2.24, 2.45) is 17.8 Å². The van der Waals surface area contributed by atoms with Crippen molar-refractivity contribution >= 4 is 0 Å². The van der Waals surface area contributed by atoms with Gasteiger partial charge in [-0.25, -0.2) is 11.0 Å². The third-order valence-corrected chi connectivity index (χ3v) is 3.84. The van der Waals surface area contributed by atoms with Crippen molar-refractivity contribution in [2.75, 3.05) is 0 Å². The number of rotatable bonds is 2. The molecule has 0 aromatic heterocycles. The van der Waals surface area contributed by atoms with E-state index in [9.17, 15) is 9.50 Å². The zero-order valence-electron chi connectivity index (χ0n) is 9.87. The van der Waals surface area contributed by atoms with Crippen molar-refractivity contribution in [3.05, 3.63) is 11.4 Å². The molecule has 1 fully saturated rings. The number of hydrogen-bond acceptors (Lipinski definition) is 1. The molecular weight excluding hydrogens is 193 g/mol. The molecule has 0 saturated heterocycles. The van der Waals surface area contributed by atoms with Gasteiger partial charge in [0.2, 0.25) is 6.17 Å². The Bertz CT molecular complexity index is 271. The lowest BCUT2D eigenvalue weighted by atomic mass is 9.82. The van der Waals surface area contributed by atoms with Gasteiger partial charge in [0.05, 0.1) is 6.10 Å². The lowest BCUT2D eigenvalue weighted by molar-refractivity contribution is 0.0397. The Kier molecular flexibility index (Phi) is 3.40. The average molecular weight is 213 g/mol. The summed E-state index contributed by atoms with van der Waals surface area (Å²) in [5, 5.41) is 9.83. The van der Waals surface area contributed by atoms with Crippen molar-refractivity contribution in [3.8, 4) is 0 Å². The van der Waals surface area contributed by atoms with E-state index in [0.29, 0.717) is 6.42 Å². The molecule has 0 aromatic rings. The number of aliphatic hydroxyl groups is 1. The van der Waals surface area contributed by atoms with Crippen LogP contribution in [0, 0.1) is 24.3 Å². The minimum atomic E-state index is -1.40. The quantitative estimate of drug-likeness (QED) is 0.701. The number of hydrogen-bond donors (Lipinski definition) is 1. The van der Waals surface area contributed by atoms with Gasteiger partial charge in [-0.05, 0) is 11.8 Å². The molecule has 1 aliphatic rings. The fourth-order valence-corrected chi connectivity index (χ4v) is 2.54. The zero-order chi connectivity index (χ0) is 11.8. The summed E-state index contributed by atoms with van der Waals surface area (Å²) in [7, 11) is 0. The Morgan fingerprint density at radius 2 is 1.93 bits per heavy atom. The summed E-state index contributed by atoms with van der Waals surface area (Å²) in [4.78, 5) is 3.50. The molecule has 0 aliphatic heterocycles. The maximum absolute atomic E-state index is 14.0. The van der Waals surface area contributed by atoms with Crippen LogP contribution >= 0.6 is 0 Å². The predicted molar refractivity (Wildman–Crippen MR) is 58.0 cm³/mol. The number of nitrogens with zero attached hydrogens (tertiary/aromatic N) is 1. The topological polar surface area (TPSA) is 24.6 Å². The van der Waals surface area contributed by atoms with Gasteiger partial charge in [-0.15, -0.1) is 0 Å². The van der Waals surface area contributed by atoms with Gasteiger partial charge in [0.1, 0.15) is 0 Å². The summed E-state index contributed by atoms with van der Waals surface area (Å²) in [6.45, 7) is 14.9. The summed E-state index contributed by atoms with van der Waals surface area (Å²) in [6.07, 6.45) is -1.89. The fourth-order valence-electron chi connectivity index (χ4n) is 2.54. The Morgan fingerprint density at radius 1 is 1.40 bits per heavy atom. The van der Waals surface area contributed by atoms with E-state index in [1.807, 2.05) is 27.7 Å². The first-order valence-electron chi connectivity index (χ1n) is 5.57. The summed E-state index contributed by atoms with van der Waals surface area (Å²) in [5.74, 6) is 0.0838. The number of aliphatic hydroxyl groups excluding tert-OH is 1. The van der Waals surface area contributed by atoms with E-state index in [1.165, 1.54) is 0 Å². The Morgan fingerprint density at radius 3 is 2.13 bits per heavy atom. The van der Waals surface area contributed by atoms with E-state index in [-0.39, 0.29) is 17.8 Å². The summed E-state index contributed by atoms with van der Waals surface area (Å²) < 4.78 is 14.0. The molecule has 0 bridgehead atoms. The molecule has 2 nitrogen and oxygen atoms in total. The van der Waals surface area contributed by atoms with Crippen LogP contribution in [-0.4, -0.2) is 22.9 Å². The molecule has 1 aliphatic carbocycles. The maximum Gasteiger partial charge on any atom is 0.268 e. The van der Waals surface area contributed by atoms with Gasteiger partial charge in [-0.3, -0.25) is 0 Å². The minimum Gasteiger partial charge on any atom is -0.389 e. The molecule has 4 unspecified atom stereocenters. The molecule has 0 spiro atoms. The monoisotopic (exact) mass is 213 g/mol. The van der Waals surface area contributed by atoms with Crippen molar-refractivity contribution in [3.63, 3.8) is 0 Å². The number of alkyl halides is 1. The molecule has 4 atom stereocenters. The molecule has 3 heteroatoms. The van der Waals surface area contributed by atoms with Crippen LogP contribution < -0.4 is 0 Å². The number of halogens is 1. The Balaban J connectivity index is 3.01. The largest absolute Gasteiger partial charge is 0.389 e. The first-order valence-corrected chi connectivity index (χ1v) is 5.57. The second-order valence-electron chi connectivity index (χ2n) is 5.26. The smallest absolute Gasteiger partial charge is 0.268 e. The standard InChI is InChI=1S/C12H20FNO/c1-7(2)9-6-12(14-5,8(3)4)11(13)10(9)15/h7-11,15H,6H2,1-4H3. The minimum absolute atomic E-state index is 0.0524. The summed E-state index contributed by atoms with van der Waals surface area (Å²) in [5.41, 5.74) is -1.01. The van der Waals surface area contributed by atoms with Crippen LogP contribution in [0.3, 0.4) is 0 Å². The van der Waals surface area contributed by atoms with Crippen LogP contribution in [0.1, 0.15) is 34.1 Å². The molecule has 86 valence electrons. The van der Waals surface area contributed by atoms with Gasteiger partial charge in [0, 0.05) is 12.3 Å². The molecule has 1 saturated carbocycles. The van der Waals surface area contributed by atoms with Crippen LogP contribution in [0.15, 0.2) is 0 Å². The van der Waals surface area contributed by atoms with Gasteiger partial charge in [-0.2, -0.15) is 0 Å². The normalized spacial score (nSPS) is 41.1. The van der Waals surface area contributed by atoms with Crippen molar-refractivity contribution in [2.45, 2.75) is 51.9 Å². The molecule has 1 rings (SSSR count). The highest BCUT2D eigenvalue weighted by Crippen LogP contribution is 2.47. The molecule has 0 radical (unpaired) electrons. The van der Waals surface area contributed by atoms with Crippen molar-refractivity contribution < 1.29 is 9.50 Å². The third-order valence-electron chi connectivity index (χ3n) is 3.84. The van der Waals surface area contributed by atoms with E-state index in [2.05, 4.69) is 4.85 Å². The molecule has 15 heavy (non-hydrogen) atoms. The lowest BCUT2D eigenvalue weighted by Gasteiger charge is -2.23. The van der Waals surface area contributed by atoms with E-state index in [1.54, 1.807) is 0 Å². The average Bonchev–Trinajstić information content (AvgIpc) is 2.42. The van der Waals surface area contributed by atoms with Crippen LogP contribution in [0.25, 0.3) is 4.85 Å². The lowest BCUT2D eigenvalue weighted by Crippen LogP contribution is -2.40. The molecule has 0 aromatic carbocycles. The van der Waals surface area contributed by atoms with Crippen LogP contribution in [0.5, 0.6) is 0 Å². The molecule has 0 heterocycles. The second-order valence-corrected chi connectivity index (χ2v) is 5.26. The summed E-state index contributed by atoms with van der Waals surface area (Å²) >= 11 is 0. The van der Waals surface area contributed by atoms with Gasteiger partial charge in [-0.1, -0.05) is 27.7 Å². The van der Waals surface area contributed by atoms with Crippen LogP contribution in [0.4, 0.5) is 4.39 Å². The van der Waals surface area contributed by atoms with Gasteiger partial charge < -0.3 is 9.95 Å². The summed E-state index contributed by atoms with van der Waals surface area (Å²) in [6, 6.07) is 0. The third kappa shape index (κ3) is 1.76. The van der Waals surface area contributed by atoms with Crippen molar-refractivity contribution in [1.82, 2.24) is 0 Å². The Labute approximate surface area is 91.3 Å². The van der Waals surface area contributed by atoms with Gasteiger partial charge >= 0.3 is 0 Å². The zero-order valence-corrected chi connectivity index (χ0v) is 9.87. The van der Waals surface area contributed by atoms with E-state index >= 15 is 0 Å². The highest BCUT2D eigenvalue weighted by Gasteiger charge is 2.61. The van der Waals surface area contributed by atoms with E-state index < -0.39 is 17.8 Å². The van der Waals surface area contributed by atoms with Gasteiger partial charge in [0.25, 0.3) is 5.54 Å². The molecule has 0 amide bonds. The maximum atomic E-state index is 14.0. The van der Waals surface area contributed by atoms with Crippen LogP contribution in [-0.2, 0) is 0 Å². The highest BCUT2D eigenvalue weighted by molar-refractivity contribution is 5.16. The second kappa shape index (κ2) is 4.09. The first-order chi connectivity index (χ1) is 6.86. The van der Waals surface area contributed by atoms with E-state index in [0.717, 1.165) is 0 Å². The Hall–Kier alpha value is -0.620. The van der Waals surface area contributed by atoms with Crippen molar-refractivity contribution in [1.29, 1.82) is 0 Å². The molecule has 1 N–H and O–H groups in total. The highest BCUT2D eigenvalue weighted by atomic mass is 19.1. The first kappa shape index (κ1) is 12.4. The molecular formula is C12H20FNO. The van der Waals surface area contributed by atoms with Gasteiger partial charge in [0.15, 0.2) is 0 Å². The fraction of sp³-hybridized carbons (Fsp3) is 0.917. The predicted octanol–water partition coefficient (Wildman–Crippen LogP) is 2.68.